The number of nitrogens with one attached hydrogen (secondary N) is 2. The fraction of sp³-hybridized carbons (Fsp3) is 0. The van der Waals surface area contributed by atoms with Gasteiger partial charge in [-0.1, -0.05) is 58.5 Å². The largest absolute Gasteiger partial charge is 0.545 e. The maximum Gasteiger partial charge on any atom is 0.338 e. The Morgan fingerprint density at radius 3 is 1.48 bits per heavy atom. The molecule has 0 bridgehead atoms. The average molecular weight is 450 g/mol. The zero-order chi connectivity index (χ0) is 20.4. The van der Waals surface area contributed by atoms with Crippen molar-refractivity contribution in [2.75, 3.05) is 0 Å². The number of carboxylic acid groups (broad SMARTS) is 2. The summed E-state index contributed by atoms with van der Waals surface area (Å²) in [6, 6.07) is 10.9. The summed E-state index contributed by atoms with van der Waals surface area (Å²) < 4.78 is 0. The van der Waals surface area contributed by atoms with Crippen LogP contribution in [0.5, 0.6) is 0 Å². The van der Waals surface area contributed by atoms with Crippen molar-refractivity contribution in [1.29, 1.82) is 0 Å². The molecular formula is C17H12Cl4N2O4. The van der Waals surface area contributed by atoms with E-state index in [1.165, 1.54) is 24.3 Å². The predicted molar refractivity (Wildman–Crippen MR) is 102 cm³/mol. The molecule has 0 unspecified atom stereocenters. The number of aromatic nitrogens is 2. The molecule has 3 aromatic rings. The van der Waals surface area contributed by atoms with E-state index in [2.05, 4.69) is 10.2 Å². The molecule has 142 valence electrons. The van der Waals surface area contributed by atoms with Crippen LogP contribution < -0.4 is 10.2 Å². The number of rotatable bonds is 2. The number of aromatic amines is 2. The lowest BCUT2D eigenvalue weighted by Gasteiger charge is -2.05. The fourth-order valence-electron chi connectivity index (χ4n) is 1.64. The van der Waals surface area contributed by atoms with Gasteiger partial charge in [0.15, 0.2) is 6.20 Å². The Hall–Kier alpha value is -2.25. The second-order valence-electron chi connectivity index (χ2n) is 4.60. The third-order valence-electron chi connectivity index (χ3n) is 2.79. The summed E-state index contributed by atoms with van der Waals surface area (Å²) in [5.41, 5.74) is -0.202. The molecule has 0 atom stereocenters. The average Bonchev–Trinajstić information content (AvgIpc) is 3.14. The number of carboxylic acids is 2. The molecule has 0 saturated carbocycles. The second kappa shape index (κ2) is 11.5. The van der Waals surface area contributed by atoms with Gasteiger partial charge in [-0.25, -0.2) is 4.79 Å². The molecule has 0 amide bonds. The van der Waals surface area contributed by atoms with E-state index in [-0.39, 0.29) is 31.2 Å². The summed E-state index contributed by atoms with van der Waals surface area (Å²) >= 11 is 22.2. The lowest BCUT2D eigenvalue weighted by atomic mass is 10.2. The van der Waals surface area contributed by atoms with Crippen LogP contribution in [0.2, 0.25) is 20.1 Å². The minimum absolute atomic E-state index is 0.0455. The van der Waals surface area contributed by atoms with Crippen LogP contribution in [0.15, 0.2) is 54.9 Å². The van der Waals surface area contributed by atoms with Crippen LogP contribution in [0.4, 0.5) is 0 Å². The van der Waals surface area contributed by atoms with Crippen LogP contribution in [-0.2, 0) is 0 Å². The van der Waals surface area contributed by atoms with E-state index >= 15 is 0 Å². The number of hydrogen-bond acceptors (Lipinski definition) is 3. The van der Waals surface area contributed by atoms with E-state index in [1.54, 1.807) is 12.1 Å². The van der Waals surface area contributed by atoms with Gasteiger partial charge >= 0.3 is 5.97 Å². The molecule has 0 spiro atoms. The van der Waals surface area contributed by atoms with Gasteiger partial charge in [0.1, 0.15) is 0 Å². The molecule has 0 fully saturated rings. The van der Waals surface area contributed by atoms with Gasteiger partial charge in [0, 0.05) is 11.6 Å². The quantitative estimate of drug-likeness (QED) is 0.618. The van der Waals surface area contributed by atoms with Gasteiger partial charge in [0.2, 0.25) is 0 Å². The zero-order valence-electron chi connectivity index (χ0n) is 13.4. The Balaban J connectivity index is 0.000000216. The highest BCUT2D eigenvalue weighted by Crippen LogP contribution is 2.24. The van der Waals surface area contributed by atoms with Crippen LogP contribution in [0.3, 0.4) is 0 Å². The number of aromatic carboxylic acids is 2. The highest BCUT2D eigenvalue weighted by molar-refractivity contribution is 6.39. The van der Waals surface area contributed by atoms with E-state index in [1.807, 2.05) is 18.5 Å². The van der Waals surface area contributed by atoms with Gasteiger partial charge in [0.05, 0.1) is 37.8 Å². The molecule has 27 heavy (non-hydrogen) atoms. The summed E-state index contributed by atoms with van der Waals surface area (Å²) in [5, 5.41) is 24.9. The number of halogens is 4. The molecule has 10 heteroatoms. The maximum atomic E-state index is 10.5. The van der Waals surface area contributed by atoms with Crippen molar-refractivity contribution >= 4 is 58.3 Å². The normalized spacial score (nSPS) is 9.33. The van der Waals surface area contributed by atoms with Crippen molar-refractivity contribution in [3.05, 3.63) is 86.1 Å². The molecule has 1 aromatic heterocycles. The van der Waals surface area contributed by atoms with Crippen LogP contribution in [0, 0.1) is 0 Å². The topological polar surface area (TPSA) is 107 Å². The van der Waals surface area contributed by atoms with Gasteiger partial charge < -0.3 is 15.0 Å². The molecule has 3 rings (SSSR count). The van der Waals surface area contributed by atoms with Crippen molar-refractivity contribution < 1.29 is 24.9 Å². The SMILES string of the molecule is O=C(O)c1c(Cl)cccc1Cl.O=C([O-])c1c(Cl)cccc1Cl.c1c[nH][nH+]c1. The molecule has 6 nitrogen and oxygen atoms in total. The lowest BCUT2D eigenvalue weighted by Crippen LogP contribution is -2.23. The summed E-state index contributed by atoms with van der Waals surface area (Å²) in [5.74, 6) is -2.47. The molecule has 3 N–H and O–H groups in total. The Bertz CT molecular complexity index is 783. The van der Waals surface area contributed by atoms with E-state index in [0.717, 1.165) is 0 Å². The van der Waals surface area contributed by atoms with Crippen molar-refractivity contribution in [2.24, 2.45) is 0 Å². The summed E-state index contributed by atoms with van der Waals surface area (Å²) in [6.45, 7) is 0. The van der Waals surface area contributed by atoms with Crippen LogP contribution in [0.1, 0.15) is 20.7 Å². The monoisotopic (exact) mass is 448 g/mol. The van der Waals surface area contributed by atoms with Crippen molar-refractivity contribution in [3.8, 4) is 0 Å². The molecule has 1 heterocycles. The van der Waals surface area contributed by atoms with E-state index in [4.69, 9.17) is 51.5 Å². The molecule has 0 aliphatic heterocycles. The van der Waals surface area contributed by atoms with E-state index in [9.17, 15) is 14.7 Å². The first kappa shape index (κ1) is 22.8. The third kappa shape index (κ3) is 7.48. The van der Waals surface area contributed by atoms with Gasteiger partial charge in [-0.15, -0.1) is 5.10 Å². The molecule has 0 radical (unpaired) electrons. The van der Waals surface area contributed by atoms with Gasteiger partial charge in [-0.05, 0) is 24.3 Å². The highest BCUT2D eigenvalue weighted by Gasteiger charge is 2.11. The number of benzene rings is 2. The molecule has 0 saturated heterocycles. The van der Waals surface area contributed by atoms with E-state index in [0.29, 0.717) is 0 Å². The smallest absolute Gasteiger partial charge is 0.338 e. The van der Waals surface area contributed by atoms with Crippen LogP contribution in [0.25, 0.3) is 0 Å². The first-order valence-corrected chi connectivity index (χ1v) is 8.59. The molecule has 2 aromatic carbocycles. The molecule has 0 aliphatic rings. The first-order valence-electron chi connectivity index (χ1n) is 7.07. The van der Waals surface area contributed by atoms with E-state index < -0.39 is 11.9 Å². The minimum Gasteiger partial charge on any atom is -0.545 e. The molecule has 0 aliphatic carbocycles. The Morgan fingerprint density at radius 1 is 0.852 bits per heavy atom. The number of carbonyl (C=O) groups is 2. The minimum atomic E-state index is -1.36. The summed E-state index contributed by atoms with van der Waals surface area (Å²) in [6.07, 6.45) is 3.64. The standard InChI is InChI=1S/2C7H4Cl2O2.C3H4N2/c2*8-4-2-1-3-5(9)6(4)7(10)11;1-2-4-5-3-1/h2*1-3H,(H,10,11);1-3H,(H,4,5). The summed E-state index contributed by atoms with van der Waals surface area (Å²) in [7, 11) is 0. The zero-order valence-corrected chi connectivity index (χ0v) is 16.4. The Kier molecular flexibility index (Phi) is 9.67. The Labute approximate surface area is 174 Å². The fourth-order valence-corrected chi connectivity index (χ4v) is 2.75. The third-order valence-corrected chi connectivity index (χ3v) is 4.05. The predicted octanol–water partition coefficient (Wildman–Crippen LogP) is 3.88. The molecular weight excluding hydrogens is 438 g/mol. The Morgan fingerprint density at radius 2 is 1.30 bits per heavy atom. The van der Waals surface area contributed by atoms with Crippen molar-refractivity contribution in [3.63, 3.8) is 0 Å². The van der Waals surface area contributed by atoms with Gasteiger partial charge in [-0.3, -0.25) is 0 Å². The first-order chi connectivity index (χ1) is 12.8. The van der Waals surface area contributed by atoms with Gasteiger partial charge in [-0.2, -0.15) is 5.10 Å². The second-order valence-corrected chi connectivity index (χ2v) is 6.23. The van der Waals surface area contributed by atoms with Crippen molar-refractivity contribution in [2.45, 2.75) is 0 Å². The number of carbonyl (C=O) groups excluding carboxylic acids is 1. The number of H-pyrrole nitrogens is 2. The summed E-state index contributed by atoms with van der Waals surface area (Å²) in [4.78, 5) is 20.8. The van der Waals surface area contributed by atoms with Crippen LogP contribution >= 0.6 is 46.4 Å². The highest BCUT2D eigenvalue weighted by atomic mass is 35.5. The maximum absolute atomic E-state index is 10.5. The number of hydrogen-bond donors (Lipinski definition) is 2. The van der Waals surface area contributed by atoms with Crippen molar-refractivity contribution in [1.82, 2.24) is 5.10 Å². The van der Waals surface area contributed by atoms with Gasteiger partial charge in [0.25, 0.3) is 0 Å². The lowest BCUT2D eigenvalue weighted by molar-refractivity contribution is -0.449. The van der Waals surface area contributed by atoms with Crippen LogP contribution in [-0.4, -0.2) is 22.1 Å².